The van der Waals surface area contributed by atoms with Crippen molar-refractivity contribution in [2.75, 3.05) is 0 Å². The molecule has 0 aromatic heterocycles. The van der Waals surface area contributed by atoms with Gasteiger partial charge in [0, 0.05) is 0 Å². The minimum absolute atomic E-state index is 0.0922. The molecule has 0 radical (unpaired) electrons. The first-order chi connectivity index (χ1) is 7.02. The van der Waals surface area contributed by atoms with Gasteiger partial charge < -0.3 is 5.73 Å². The van der Waals surface area contributed by atoms with Crippen LogP contribution in [0.2, 0.25) is 5.02 Å². The number of nitrogens with two attached hydrogens (primary N) is 1. The number of hydrogen-bond acceptors (Lipinski definition) is 2. The maximum atomic E-state index is 12.9. The Bertz CT molecular complexity index is 411. The Labute approximate surface area is 89.4 Å². The second-order valence-electron chi connectivity index (χ2n) is 2.54. The van der Waals surface area contributed by atoms with Gasteiger partial charge in [-0.05, 0) is 12.1 Å². The van der Waals surface area contributed by atoms with Crippen molar-refractivity contribution in [3.63, 3.8) is 0 Å². The molecule has 0 spiro atoms. The monoisotopic (exact) mass is 231 g/mol. The molecule has 3 amide bonds. The summed E-state index contributed by atoms with van der Waals surface area (Å²) in [7, 11) is 0. The molecule has 0 bridgehead atoms. The average molecular weight is 232 g/mol. The number of nitrogens with one attached hydrogen (secondary N) is 2. The highest BCUT2D eigenvalue weighted by Crippen LogP contribution is 2.18. The van der Waals surface area contributed by atoms with Crippen molar-refractivity contribution in [2.45, 2.75) is 0 Å². The molecule has 1 aromatic rings. The van der Waals surface area contributed by atoms with Crippen molar-refractivity contribution in [1.29, 1.82) is 0 Å². The van der Waals surface area contributed by atoms with E-state index in [0.29, 0.717) is 0 Å². The molecule has 5 nitrogen and oxygen atoms in total. The second-order valence-corrected chi connectivity index (χ2v) is 2.92. The third-order valence-corrected chi connectivity index (χ3v) is 1.88. The van der Waals surface area contributed by atoms with E-state index in [1.165, 1.54) is 12.1 Å². The van der Waals surface area contributed by atoms with Gasteiger partial charge in [0.15, 0.2) is 0 Å². The van der Waals surface area contributed by atoms with Crippen molar-refractivity contribution in [3.8, 4) is 0 Å². The largest absolute Gasteiger partial charge is 0.350 e. The van der Waals surface area contributed by atoms with E-state index in [9.17, 15) is 14.0 Å². The topological polar surface area (TPSA) is 84.2 Å². The zero-order chi connectivity index (χ0) is 11.4. The Balaban J connectivity index is 2.82. The van der Waals surface area contributed by atoms with Crippen LogP contribution >= 0.6 is 11.6 Å². The van der Waals surface area contributed by atoms with Gasteiger partial charge in [-0.2, -0.15) is 0 Å². The first kappa shape index (κ1) is 11.3. The van der Waals surface area contributed by atoms with Gasteiger partial charge in [-0.3, -0.25) is 10.2 Å². The molecule has 0 saturated heterocycles. The number of urea groups is 1. The number of primary amides is 1. The molecule has 0 saturated carbocycles. The van der Waals surface area contributed by atoms with Crippen LogP contribution in [0.1, 0.15) is 10.4 Å². The molecule has 0 fully saturated rings. The molecule has 4 N–H and O–H groups in total. The lowest BCUT2D eigenvalue weighted by Gasteiger charge is -2.06. The zero-order valence-electron chi connectivity index (χ0n) is 7.38. The van der Waals surface area contributed by atoms with E-state index in [0.717, 1.165) is 6.07 Å². The molecular weight excluding hydrogens is 225 g/mol. The number of halogens is 2. The summed E-state index contributed by atoms with van der Waals surface area (Å²) in [5.41, 5.74) is 8.42. The number of hydrogen-bond donors (Lipinski definition) is 3. The molecule has 0 atom stereocenters. The first-order valence-electron chi connectivity index (χ1n) is 3.82. The van der Waals surface area contributed by atoms with Crippen molar-refractivity contribution in [2.24, 2.45) is 5.73 Å². The highest BCUT2D eigenvalue weighted by atomic mass is 35.5. The van der Waals surface area contributed by atoms with E-state index < -0.39 is 17.8 Å². The van der Waals surface area contributed by atoms with Gasteiger partial charge in [0.25, 0.3) is 5.91 Å². The molecule has 1 aromatic carbocycles. The van der Waals surface area contributed by atoms with Gasteiger partial charge in [0.1, 0.15) is 5.82 Å². The molecule has 0 unspecified atom stereocenters. The summed E-state index contributed by atoms with van der Waals surface area (Å²) in [6, 6.07) is 2.81. The third kappa shape index (κ3) is 2.81. The van der Waals surface area contributed by atoms with Crippen molar-refractivity contribution in [3.05, 3.63) is 34.6 Å². The highest BCUT2D eigenvalue weighted by molar-refractivity contribution is 6.34. The summed E-state index contributed by atoms with van der Waals surface area (Å²) in [6.45, 7) is 0. The van der Waals surface area contributed by atoms with Gasteiger partial charge in [-0.1, -0.05) is 17.7 Å². The third-order valence-electron chi connectivity index (χ3n) is 1.50. The fourth-order valence-electron chi connectivity index (χ4n) is 0.865. The second kappa shape index (κ2) is 4.61. The lowest BCUT2D eigenvalue weighted by Crippen LogP contribution is -2.44. The molecular formula is C8H7ClFN3O2. The molecule has 80 valence electrons. The van der Waals surface area contributed by atoms with E-state index >= 15 is 0 Å². The van der Waals surface area contributed by atoms with Crippen LogP contribution in [0.4, 0.5) is 9.18 Å². The van der Waals surface area contributed by atoms with Gasteiger partial charge in [-0.15, -0.1) is 0 Å². The van der Waals surface area contributed by atoms with Gasteiger partial charge >= 0.3 is 6.03 Å². The van der Waals surface area contributed by atoms with Crippen molar-refractivity contribution >= 4 is 23.5 Å². The number of carbonyl (C=O) groups is 2. The Kier molecular flexibility index (Phi) is 3.46. The standard InChI is InChI=1S/C8H7ClFN3O2/c9-6-4(2-1-3-5(6)10)7(14)12-13-8(11)15/h1-3H,(H,12,14)(H3,11,13,15). The zero-order valence-corrected chi connectivity index (χ0v) is 8.14. The average Bonchev–Trinajstić information content (AvgIpc) is 2.18. The van der Waals surface area contributed by atoms with Crippen molar-refractivity contribution < 1.29 is 14.0 Å². The van der Waals surface area contributed by atoms with Gasteiger partial charge in [0.2, 0.25) is 0 Å². The van der Waals surface area contributed by atoms with E-state index in [1.54, 1.807) is 0 Å². The minimum Gasteiger partial charge on any atom is -0.350 e. The molecule has 0 aliphatic carbocycles. The Morgan fingerprint density at radius 3 is 2.60 bits per heavy atom. The van der Waals surface area contributed by atoms with Crippen molar-refractivity contribution in [1.82, 2.24) is 10.9 Å². The molecule has 7 heteroatoms. The van der Waals surface area contributed by atoms with Crippen LogP contribution in [0.5, 0.6) is 0 Å². The molecule has 0 aliphatic rings. The highest BCUT2D eigenvalue weighted by Gasteiger charge is 2.13. The summed E-state index contributed by atoms with van der Waals surface area (Å²) >= 11 is 5.52. The first-order valence-corrected chi connectivity index (χ1v) is 4.20. The summed E-state index contributed by atoms with van der Waals surface area (Å²) in [5.74, 6) is -1.47. The van der Waals surface area contributed by atoms with Crippen LogP contribution in [0.15, 0.2) is 18.2 Å². The summed E-state index contributed by atoms with van der Waals surface area (Å²) < 4.78 is 12.9. The van der Waals surface area contributed by atoms with E-state index in [2.05, 4.69) is 0 Å². The lowest BCUT2D eigenvalue weighted by atomic mass is 10.2. The fourth-order valence-corrected chi connectivity index (χ4v) is 1.08. The SMILES string of the molecule is NC(=O)NNC(=O)c1cccc(F)c1Cl. The maximum Gasteiger partial charge on any atom is 0.330 e. The van der Waals surface area contributed by atoms with Gasteiger partial charge in [-0.25, -0.2) is 14.6 Å². The number of benzene rings is 1. The molecule has 0 aliphatic heterocycles. The number of carbonyl (C=O) groups excluding carboxylic acids is 2. The number of amides is 3. The Hall–Kier alpha value is -1.82. The summed E-state index contributed by atoms with van der Waals surface area (Å²) in [5, 5.41) is -0.318. The number of rotatable bonds is 1. The Morgan fingerprint density at radius 2 is 2.00 bits per heavy atom. The van der Waals surface area contributed by atoms with Crippen LogP contribution in [-0.4, -0.2) is 11.9 Å². The minimum atomic E-state index is -0.934. The van der Waals surface area contributed by atoms with E-state index in [1.807, 2.05) is 10.9 Å². The van der Waals surface area contributed by atoms with E-state index in [4.69, 9.17) is 17.3 Å². The van der Waals surface area contributed by atoms with Crippen LogP contribution in [0.25, 0.3) is 0 Å². The van der Waals surface area contributed by atoms with Crippen LogP contribution in [0, 0.1) is 5.82 Å². The summed E-state index contributed by atoms with van der Waals surface area (Å²) in [4.78, 5) is 21.6. The normalized spacial score (nSPS) is 9.47. The fraction of sp³-hybridized carbons (Fsp3) is 0. The molecule has 1 rings (SSSR count). The van der Waals surface area contributed by atoms with Crippen LogP contribution in [-0.2, 0) is 0 Å². The predicted molar refractivity (Wildman–Crippen MR) is 51.6 cm³/mol. The van der Waals surface area contributed by atoms with Crippen LogP contribution < -0.4 is 16.6 Å². The quantitative estimate of drug-likeness (QED) is 0.625. The summed E-state index contributed by atoms with van der Waals surface area (Å²) in [6.07, 6.45) is 0. The Morgan fingerprint density at radius 1 is 1.33 bits per heavy atom. The number of hydrazine groups is 1. The molecule has 15 heavy (non-hydrogen) atoms. The van der Waals surface area contributed by atoms with Crippen LogP contribution in [0.3, 0.4) is 0 Å². The van der Waals surface area contributed by atoms with E-state index in [-0.39, 0.29) is 10.6 Å². The maximum absolute atomic E-state index is 12.9. The lowest BCUT2D eigenvalue weighted by molar-refractivity contribution is 0.0937. The smallest absolute Gasteiger partial charge is 0.330 e. The predicted octanol–water partition coefficient (Wildman–Crippen LogP) is 0.792. The molecule has 0 heterocycles. The van der Waals surface area contributed by atoms with Gasteiger partial charge in [0.05, 0.1) is 10.6 Å².